The number of hydrogen-bond donors (Lipinski definition) is 5. The number of amides is 2. The number of carbonyl (C=O) groups excluding carboxylic acids is 2. The number of benzene rings is 1. The molecule has 0 aromatic heterocycles. The average molecular weight is 294 g/mol. The molecule has 0 radical (unpaired) electrons. The van der Waals surface area contributed by atoms with Crippen molar-refractivity contribution in [3.05, 3.63) is 29.8 Å². The van der Waals surface area contributed by atoms with Crippen molar-refractivity contribution in [2.45, 2.75) is 0 Å². The third-order valence-electron chi connectivity index (χ3n) is 2.04. The second-order valence-electron chi connectivity index (χ2n) is 3.59. The van der Waals surface area contributed by atoms with Gasteiger partial charge in [0.25, 0.3) is 5.91 Å². The highest BCUT2D eigenvalue weighted by Gasteiger charge is 2.11. The maximum Gasteiger partial charge on any atom is 0.250 e. The lowest BCUT2D eigenvalue weighted by atomic mass is 10.1. The molecular weight excluding hydrogens is 280 g/mol. The summed E-state index contributed by atoms with van der Waals surface area (Å²) < 4.78 is 0. The van der Waals surface area contributed by atoms with Crippen molar-refractivity contribution in [2.75, 3.05) is 11.1 Å². The molecule has 0 saturated carbocycles. The van der Waals surface area contributed by atoms with Gasteiger partial charge in [-0.2, -0.15) is 4.99 Å². The van der Waals surface area contributed by atoms with Crippen LogP contribution in [0.2, 0.25) is 0 Å². The molecule has 8 nitrogen and oxygen atoms in total. The van der Waals surface area contributed by atoms with E-state index in [9.17, 15) is 9.59 Å². The number of para-hydroxylation sites is 1. The van der Waals surface area contributed by atoms with E-state index in [-0.39, 0.29) is 22.4 Å². The van der Waals surface area contributed by atoms with Crippen LogP contribution in [0.3, 0.4) is 0 Å². The van der Waals surface area contributed by atoms with Crippen LogP contribution >= 0.6 is 11.8 Å². The average Bonchev–Trinajstić information content (AvgIpc) is 2.36. The van der Waals surface area contributed by atoms with Gasteiger partial charge >= 0.3 is 0 Å². The first-order chi connectivity index (χ1) is 9.40. The number of primary amides is 1. The van der Waals surface area contributed by atoms with Gasteiger partial charge < -0.3 is 22.5 Å². The minimum Gasteiger partial charge on any atom is -0.370 e. The van der Waals surface area contributed by atoms with Crippen LogP contribution in [-0.2, 0) is 4.79 Å². The largest absolute Gasteiger partial charge is 0.370 e. The van der Waals surface area contributed by atoms with Crippen LogP contribution in [0.4, 0.5) is 5.69 Å². The third-order valence-corrected chi connectivity index (χ3v) is 2.81. The van der Waals surface area contributed by atoms with E-state index in [2.05, 4.69) is 10.3 Å². The molecule has 0 saturated heterocycles. The Labute approximate surface area is 119 Å². The molecule has 106 valence electrons. The van der Waals surface area contributed by atoms with E-state index in [1.807, 2.05) is 0 Å². The van der Waals surface area contributed by atoms with E-state index < -0.39 is 11.8 Å². The van der Waals surface area contributed by atoms with Crippen LogP contribution in [0.15, 0.2) is 29.3 Å². The fourth-order valence-corrected chi connectivity index (χ4v) is 1.79. The van der Waals surface area contributed by atoms with Gasteiger partial charge in [0.05, 0.1) is 17.0 Å². The van der Waals surface area contributed by atoms with Crippen LogP contribution in [0.5, 0.6) is 0 Å². The highest BCUT2D eigenvalue weighted by Crippen LogP contribution is 2.15. The quantitative estimate of drug-likeness (QED) is 0.379. The minimum absolute atomic E-state index is 0.0668. The normalized spacial score (nSPS) is 9.60. The Morgan fingerprint density at radius 2 is 1.90 bits per heavy atom. The molecule has 1 aromatic rings. The van der Waals surface area contributed by atoms with E-state index in [4.69, 9.17) is 22.6 Å². The van der Waals surface area contributed by atoms with Crippen molar-refractivity contribution >= 4 is 40.4 Å². The summed E-state index contributed by atoms with van der Waals surface area (Å²) in [5, 5.41) is 9.72. The molecule has 1 rings (SSSR count). The number of rotatable bonds is 4. The summed E-state index contributed by atoms with van der Waals surface area (Å²) in [6.07, 6.45) is 0. The first-order valence-corrected chi connectivity index (χ1v) is 6.38. The van der Waals surface area contributed by atoms with Gasteiger partial charge in [-0.25, -0.2) is 0 Å². The van der Waals surface area contributed by atoms with Gasteiger partial charge in [0, 0.05) is 0 Å². The molecule has 20 heavy (non-hydrogen) atoms. The standard InChI is InChI=1S/C11H14N6O2S/c12-9(19)6-3-1-2-4-7(6)16-8(18)5-20-11(15)17-10(13)14/h1-4H,5H2,(H2,12,19)(H,16,18)(H5,13,14,15,17). The molecule has 0 aliphatic heterocycles. The van der Waals surface area contributed by atoms with Crippen molar-refractivity contribution in [2.24, 2.45) is 22.2 Å². The maximum atomic E-state index is 11.7. The lowest BCUT2D eigenvalue weighted by Gasteiger charge is -2.08. The fraction of sp³-hybridized carbons (Fsp3) is 0.0909. The van der Waals surface area contributed by atoms with Gasteiger partial charge in [-0.05, 0) is 12.1 Å². The van der Waals surface area contributed by atoms with Crippen molar-refractivity contribution in [1.29, 1.82) is 5.41 Å². The Morgan fingerprint density at radius 1 is 1.25 bits per heavy atom. The molecule has 0 atom stereocenters. The summed E-state index contributed by atoms with van der Waals surface area (Å²) in [5.74, 6) is -1.36. The molecule has 1 aromatic carbocycles. The molecule has 9 heteroatoms. The predicted octanol–water partition coefficient (Wildman–Crippen LogP) is -0.335. The molecule has 2 amide bonds. The summed E-state index contributed by atoms with van der Waals surface area (Å²) in [5.41, 5.74) is 15.9. The number of aliphatic imine (C=N–C) groups is 1. The number of thioether (sulfide) groups is 1. The molecule has 0 spiro atoms. The predicted molar refractivity (Wildman–Crippen MR) is 79.6 cm³/mol. The zero-order valence-electron chi connectivity index (χ0n) is 10.4. The molecule has 0 aliphatic rings. The Hall–Kier alpha value is -2.55. The van der Waals surface area contributed by atoms with Gasteiger partial charge in [-0.1, -0.05) is 23.9 Å². The minimum atomic E-state index is -0.637. The summed E-state index contributed by atoms with van der Waals surface area (Å²) in [6.45, 7) is 0. The monoisotopic (exact) mass is 294 g/mol. The third kappa shape index (κ3) is 4.98. The summed E-state index contributed by atoms with van der Waals surface area (Å²) in [6, 6.07) is 6.37. The highest BCUT2D eigenvalue weighted by molar-refractivity contribution is 8.14. The lowest BCUT2D eigenvalue weighted by Crippen LogP contribution is -2.24. The fourth-order valence-electron chi connectivity index (χ4n) is 1.28. The summed E-state index contributed by atoms with van der Waals surface area (Å²) in [7, 11) is 0. The summed E-state index contributed by atoms with van der Waals surface area (Å²) in [4.78, 5) is 26.3. The number of amidine groups is 1. The molecule has 0 aliphatic carbocycles. The lowest BCUT2D eigenvalue weighted by molar-refractivity contribution is -0.113. The highest BCUT2D eigenvalue weighted by atomic mass is 32.2. The smallest absolute Gasteiger partial charge is 0.250 e. The van der Waals surface area contributed by atoms with Crippen LogP contribution in [-0.4, -0.2) is 28.7 Å². The molecule has 8 N–H and O–H groups in total. The van der Waals surface area contributed by atoms with Gasteiger partial charge in [-0.3, -0.25) is 15.0 Å². The Kier molecular flexibility index (Phi) is 5.54. The second-order valence-corrected chi connectivity index (χ2v) is 4.55. The molecule has 0 unspecified atom stereocenters. The first-order valence-electron chi connectivity index (χ1n) is 5.40. The number of guanidine groups is 1. The van der Waals surface area contributed by atoms with Crippen LogP contribution in [0, 0.1) is 5.41 Å². The van der Waals surface area contributed by atoms with Crippen molar-refractivity contribution in [3.8, 4) is 0 Å². The van der Waals surface area contributed by atoms with Crippen molar-refractivity contribution in [1.82, 2.24) is 0 Å². The zero-order valence-corrected chi connectivity index (χ0v) is 11.2. The van der Waals surface area contributed by atoms with Gasteiger partial charge in [0.15, 0.2) is 11.1 Å². The number of nitrogens with two attached hydrogens (primary N) is 3. The number of hydrogen-bond acceptors (Lipinski definition) is 4. The molecular formula is C11H14N6O2S. The Balaban J connectivity index is 2.62. The van der Waals surface area contributed by atoms with E-state index in [1.54, 1.807) is 18.2 Å². The Bertz CT molecular complexity index is 568. The van der Waals surface area contributed by atoms with E-state index >= 15 is 0 Å². The van der Waals surface area contributed by atoms with Crippen LogP contribution in [0.1, 0.15) is 10.4 Å². The first kappa shape index (κ1) is 15.5. The zero-order chi connectivity index (χ0) is 15.1. The number of nitrogens with one attached hydrogen (secondary N) is 2. The Morgan fingerprint density at radius 3 is 2.50 bits per heavy atom. The van der Waals surface area contributed by atoms with Crippen LogP contribution < -0.4 is 22.5 Å². The van der Waals surface area contributed by atoms with E-state index in [0.29, 0.717) is 5.69 Å². The topological polar surface area (TPSA) is 160 Å². The van der Waals surface area contributed by atoms with Crippen LogP contribution in [0.25, 0.3) is 0 Å². The van der Waals surface area contributed by atoms with E-state index in [0.717, 1.165) is 11.8 Å². The molecule has 0 heterocycles. The maximum absolute atomic E-state index is 11.7. The number of nitrogens with zero attached hydrogens (tertiary/aromatic N) is 1. The van der Waals surface area contributed by atoms with E-state index in [1.165, 1.54) is 6.07 Å². The summed E-state index contributed by atoms with van der Waals surface area (Å²) >= 11 is 0.854. The van der Waals surface area contributed by atoms with Crippen molar-refractivity contribution < 1.29 is 9.59 Å². The molecule has 0 bridgehead atoms. The SMILES string of the molecule is N=C(N=C(N)N)SCC(=O)Nc1ccccc1C(N)=O. The van der Waals surface area contributed by atoms with Crippen molar-refractivity contribution in [3.63, 3.8) is 0 Å². The van der Waals surface area contributed by atoms with Gasteiger partial charge in [-0.15, -0.1) is 0 Å². The molecule has 0 fully saturated rings. The van der Waals surface area contributed by atoms with Gasteiger partial charge in [0.2, 0.25) is 5.91 Å². The number of anilines is 1. The van der Waals surface area contributed by atoms with Gasteiger partial charge in [0.1, 0.15) is 0 Å². The number of carbonyl (C=O) groups is 2. The second kappa shape index (κ2) is 7.14.